The Labute approximate surface area is 145 Å². The number of carbonyl (C=O) groups is 1. The van der Waals surface area contributed by atoms with Crippen LogP contribution in [-0.4, -0.2) is 15.7 Å². The quantitative estimate of drug-likeness (QED) is 0.781. The van der Waals surface area contributed by atoms with E-state index in [2.05, 4.69) is 10.4 Å². The lowest BCUT2D eigenvalue weighted by atomic mass is 10.2. The highest BCUT2D eigenvalue weighted by Crippen LogP contribution is 2.20. The number of hydrogen-bond acceptors (Lipinski definition) is 3. The molecule has 2 aromatic carbocycles. The van der Waals surface area contributed by atoms with Gasteiger partial charge >= 0.3 is 0 Å². The molecule has 1 aromatic heterocycles. The number of nitrogens with zero attached hydrogens (tertiary/aromatic N) is 2. The Hall–Kier alpha value is -3.42. The minimum Gasteiger partial charge on any atom is -0.319 e. The molecule has 3 aromatic rings. The summed E-state index contributed by atoms with van der Waals surface area (Å²) in [4.78, 5) is 24.8. The fourth-order valence-corrected chi connectivity index (χ4v) is 2.28. The Balaban J connectivity index is 1.96. The fourth-order valence-electron chi connectivity index (χ4n) is 2.28. The molecule has 0 atom stereocenters. The van der Waals surface area contributed by atoms with Crippen LogP contribution >= 0.6 is 0 Å². The van der Waals surface area contributed by atoms with E-state index in [0.717, 1.165) is 22.9 Å². The number of nitrogens with one attached hydrogen (secondary N) is 1. The number of rotatable bonds is 3. The molecule has 0 fully saturated rings. The lowest BCUT2D eigenvalue weighted by Gasteiger charge is -2.09. The van der Waals surface area contributed by atoms with E-state index in [1.54, 1.807) is 0 Å². The molecule has 5 nitrogen and oxygen atoms in total. The van der Waals surface area contributed by atoms with Gasteiger partial charge in [0.05, 0.1) is 11.4 Å². The number of aromatic nitrogens is 2. The van der Waals surface area contributed by atoms with Gasteiger partial charge in [0.25, 0.3) is 11.5 Å². The molecule has 0 bridgehead atoms. The van der Waals surface area contributed by atoms with Gasteiger partial charge < -0.3 is 5.32 Å². The van der Waals surface area contributed by atoms with Crippen LogP contribution in [0.5, 0.6) is 0 Å². The summed E-state index contributed by atoms with van der Waals surface area (Å²) in [6.45, 7) is 1.38. The maximum Gasteiger partial charge on any atom is 0.284 e. The molecule has 0 unspecified atom stereocenters. The first-order valence-corrected chi connectivity index (χ1v) is 7.48. The summed E-state index contributed by atoms with van der Waals surface area (Å²) < 4.78 is 41.4. The maximum atomic E-state index is 13.9. The molecule has 1 N–H and O–H groups in total. The van der Waals surface area contributed by atoms with Crippen LogP contribution < -0.4 is 10.9 Å². The molecule has 0 saturated carbocycles. The van der Waals surface area contributed by atoms with Gasteiger partial charge in [0, 0.05) is 6.20 Å². The Kier molecular flexibility index (Phi) is 4.57. The third-order valence-electron chi connectivity index (χ3n) is 3.69. The number of benzene rings is 2. The van der Waals surface area contributed by atoms with Gasteiger partial charge in [-0.15, -0.1) is 0 Å². The molecule has 0 aliphatic carbocycles. The van der Waals surface area contributed by atoms with Gasteiger partial charge in [-0.25, -0.2) is 13.2 Å². The maximum absolute atomic E-state index is 13.9. The second-order valence-electron chi connectivity index (χ2n) is 5.45. The topological polar surface area (TPSA) is 64.0 Å². The molecule has 8 heteroatoms. The lowest BCUT2D eigenvalue weighted by Crippen LogP contribution is -2.29. The van der Waals surface area contributed by atoms with Crippen molar-refractivity contribution in [3.8, 4) is 5.69 Å². The van der Waals surface area contributed by atoms with Crippen molar-refractivity contribution in [3.63, 3.8) is 0 Å². The van der Waals surface area contributed by atoms with E-state index in [9.17, 15) is 22.8 Å². The van der Waals surface area contributed by atoms with Crippen LogP contribution in [0.25, 0.3) is 5.69 Å². The summed E-state index contributed by atoms with van der Waals surface area (Å²) in [7, 11) is 0. The first-order chi connectivity index (χ1) is 12.4. The number of hydrogen-bond donors (Lipinski definition) is 1. The third-order valence-corrected chi connectivity index (χ3v) is 3.69. The molecular formula is C18H12F3N3O2. The van der Waals surface area contributed by atoms with Gasteiger partial charge in [-0.3, -0.25) is 9.59 Å². The van der Waals surface area contributed by atoms with E-state index >= 15 is 0 Å². The van der Waals surface area contributed by atoms with E-state index in [4.69, 9.17) is 0 Å². The van der Waals surface area contributed by atoms with Crippen LogP contribution in [0.1, 0.15) is 15.9 Å². The average molecular weight is 359 g/mol. The molecule has 0 aliphatic heterocycles. The standard InChI is InChI=1S/C18H12F3N3O2/c1-10-2-7-14(16(21)15(10)20)23-17(25)13-8-9-22-24(18(13)26)12-5-3-11(19)4-6-12/h2-9H,1H3,(H,23,25). The number of amides is 1. The summed E-state index contributed by atoms with van der Waals surface area (Å²) in [6, 6.07) is 8.57. The third kappa shape index (κ3) is 3.21. The zero-order chi connectivity index (χ0) is 18.8. The van der Waals surface area contributed by atoms with Crippen molar-refractivity contribution < 1.29 is 18.0 Å². The molecule has 0 aliphatic rings. The minimum absolute atomic E-state index is 0.0862. The highest BCUT2D eigenvalue weighted by molar-refractivity contribution is 6.04. The summed E-state index contributed by atoms with van der Waals surface area (Å²) in [5.74, 6) is -3.71. The van der Waals surface area contributed by atoms with Crippen LogP contribution in [0.2, 0.25) is 0 Å². The van der Waals surface area contributed by atoms with Crippen LogP contribution in [0.4, 0.5) is 18.9 Å². The second kappa shape index (κ2) is 6.83. The summed E-state index contributed by atoms with van der Waals surface area (Å²) in [5, 5.41) is 6.01. The van der Waals surface area contributed by atoms with Crippen molar-refractivity contribution in [2.75, 3.05) is 5.32 Å². The minimum atomic E-state index is -1.22. The van der Waals surface area contributed by atoms with Gasteiger partial charge in [0.2, 0.25) is 0 Å². The zero-order valence-electron chi connectivity index (χ0n) is 13.5. The van der Waals surface area contributed by atoms with Gasteiger partial charge in [-0.2, -0.15) is 9.78 Å². The molecule has 3 rings (SSSR count). The SMILES string of the molecule is Cc1ccc(NC(=O)c2ccnn(-c3ccc(F)cc3)c2=O)c(F)c1F. The molecular weight excluding hydrogens is 347 g/mol. The Morgan fingerprint density at radius 3 is 2.38 bits per heavy atom. The highest BCUT2D eigenvalue weighted by Gasteiger charge is 2.18. The largest absolute Gasteiger partial charge is 0.319 e. The van der Waals surface area contributed by atoms with Crippen molar-refractivity contribution in [1.29, 1.82) is 0 Å². The van der Waals surface area contributed by atoms with Crippen LogP contribution in [-0.2, 0) is 0 Å². The van der Waals surface area contributed by atoms with E-state index in [0.29, 0.717) is 0 Å². The van der Waals surface area contributed by atoms with Crippen molar-refractivity contribution >= 4 is 11.6 Å². The second-order valence-corrected chi connectivity index (χ2v) is 5.45. The first kappa shape index (κ1) is 17.4. The molecule has 26 heavy (non-hydrogen) atoms. The number of halogens is 3. The van der Waals surface area contributed by atoms with Crippen LogP contribution in [0.3, 0.4) is 0 Å². The highest BCUT2D eigenvalue weighted by atomic mass is 19.2. The van der Waals surface area contributed by atoms with E-state index in [-0.39, 0.29) is 22.5 Å². The summed E-state index contributed by atoms with van der Waals surface area (Å²) in [5.41, 5.74) is -1.17. The predicted octanol–water partition coefficient (Wildman–Crippen LogP) is 3.21. The van der Waals surface area contributed by atoms with Crippen LogP contribution in [0, 0.1) is 24.4 Å². The van der Waals surface area contributed by atoms with Crippen molar-refractivity contribution in [2.45, 2.75) is 6.92 Å². The van der Waals surface area contributed by atoms with Crippen molar-refractivity contribution in [3.05, 3.63) is 87.6 Å². The molecule has 0 spiro atoms. The van der Waals surface area contributed by atoms with Gasteiger partial charge in [-0.1, -0.05) is 6.07 Å². The monoisotopic (exact) mass is 359 g/mol. The molecule has 1 heterocycles. The molecule has 0 saturated heterocycles. The Morgan fingerprint density at radius 1 is 1.00 bits per heavy atom. The van der Waals surface area contributed by atoms with E-state index in [1.807, 2.05) is 0 Å². The molecule has 0 radical (unpaired) electrons. The lowest BCUT2D eigenvalue weighted by molar-refractivity contribution is 0.102. The Morgan fingerprint density at radius 2 is 1.69 bits per heavy atom. The van der Waals surface area contributed by atoms with Crippen LogP contribution in [0.15, 0.2) is 53.5 Å². The number of carbonyl (C=O) groups excluding carboxylic acids is 1. The fraction of sp³-hybridized carbons (Fsp3) is 0.0556. The van der Waals surface area contributed by atoms with Gasteiger partial charge in [-0.05, 0) is 48.9 Å². The van der Waals surface area contributed by atoms with Crippen molar-refractivity contribution in [1.82, 2.24) is 9.78 Å². The first-order valence-electron chi connectivity index (χ1n) is 7.48. The summed E-state index contributed by atoms with van der Waals surface area (Å²) >= 11 is 0. The predicted molar refractivity (Wildman–Crippen MR) is 88.8 cm³/mol. The summed E-state index contributed by atoms with van der Waals surface area (Å²) in [6.07, 6.45) is 1.20. The number of anilines is 1. The average Bonchev–Trinajstić information content (AvgIpc) is 2.63. The van der Waals surface area contributed by atoms with Gasteiger partial charge in [0.1, 0.15) is 11.4 Å². The molecule has 1 amide bonds. The Bertz CT molecular complexity index is 1050. The normalized spacial score (nSPS) is 10.6. The van der Waals surface area contributed by atoms with Crippen molar-refractivity contribution in [2.24, 2.45) is 0 Å². The van der Waals surface area contributed by atoms with E-state index in [1.165, 1.54) is 37.4 Å². The zero-order valence-corrected chi connectivity index (χ0v) is 13.5. The smallest absolute Gasteiger partial charge is 0.284 e. The molecule has 132 valence electrons. The van der Waals surface area contributed by atoms with Gasteiger partial charge in [0.15, 0.2) is 11.6 Å². The van der Waals surface area contributed by atoms with E-state index < -0.39 is 28.9 Å². The number of aryl methyl sites for hydroxylation is 1.